The molecule has 2 aromatic rings. The molecule has 208 valence electrons. The van der Waals surface area contributed by atoms with E-state index in [0.29, 0.717) is 39.2 Å². The van der Waals surface area contributed by atoms with E-state index in [1.165, 1.54) is 89.9 Å². The van der Waals surface area contributed by atoms with Crippen LogP contribution in [0.1, 0.15) is 146 Å². The highest BCUT2D eigenvalue weighted by Gasteiger charge is 2.27. The molecule has 0 radical (unpaired) electrons. The molecule has 0 fully saturated rings. The molecule has 1 heterocycles. The number of carbonyl (C=O) groups excluding carboxylic acids is 1. The Morgan fingerprint density at radius 1 is 0.811 bits per heavy atom. The third-order valence-corrected chi connectivity index (χ3v) is 7.62. The highest BCUT2D eigenvalue weighted by atomic mass is 35.5. The lowest BCUT2D eigenvalue weighted by molar-refractivity contribution is 0.0951. The third kappa shape index (κ3) is 11.4. The largest absolute Gasteiger partial charge is 0.360 e. The number of amides is 1. The number of halogens is 2. The summed E-state index contributed by atoms with van der Waals surface area (Å²) in [7, 11) is 0. The Balaban J connectivity index is 1.61. The number of benzene rings is 1. The van der Waals surface area contributed by atoms with Gasteiger partial charge in [-0.3, -0.25) is 4.79 Å². The van der Waals surface area contributed by atoms with Crippen LogP contribution in [0.2, 0.25) is 10.0 Å². The van der Waals surface area contributed by atoms with Crippen molar-refractivity contribution in [3.05, 3.63) is 39.6 Å². The first kappa shape index (κ1) is 31.7. The molecule has 0 bridgehead atoms. The van der Waals surface area contributed by atoms with Crippen molar-refractivity contribution in [1.29, 1.82) is 0 Å². The first-order valence-corrected chi connectivity index (χ1v) is 15.4. The van der Waals surface area contributed by atoms with Crippen LogP contribution in [-0.2, 0) is 0 Å². The van der Waals surface area contributed by atoms with Gasteiger partial charge in [0.25, 0.3) is 5.91 Å². The Labute approximate surface area is 235 Å². The first-order valence-electron chi connectivity index (χ1n) is 14.7. The lowest BCUT2D eigenvalue weighted by Crippen LogP contribution is -2.25. The van der Waals surface area contributed by atoms with Crippen molar-refractivity contribution in [2.24, 2.45) is 0 Å². The molecular formula is C31H48Cl2N2O2. The van der Waals surface area contributed by atoms with E-state index in [-0.39, 0.29) is 11.8 Å². The summed E-state index contributed by atoms with van der Waals surface area (Å²) in [5, 5.41) is 8.12. The Hall–Kier alpha value is -1.52. The van der Waals surface area contributed by atoms with E-state index in [1.54, 1.807) is 18.2 Å². The maximum atomic E-state index is 13.1. The standard InChI is InChI=1S/C31H48Cl2N2O2/c1-4-5-6-7-8-9-10-11-12-13-14-15-16-17-18-19-23-34-31(36)28-29(35-37-30(28)24(2)3)27-25(32)21-20-22-26(27)33/h20-22,24H,4-19,23H2,1-3H3,(H,34,36). The summed E-state index contributed by atoms with van der Waals surface area (Å²) in [6, 6.07) is 5.25. The van der Waals surface area contributed by atoms with Crippen LogP contribution in [0.4, 0.5) is 0 Å². The Morgan fingerprint density at radius 3 is 1.73 bits per heavy atom. The topological polar surface area (TPSA) is 55.1 Å². The summed E-state index contributed by atoms with van der Waals surface area (Å²) in [6.45, 7) is 6.87. The number of nitrogens with one attached hydrogen (secondary N) is 1. The monoisotopic (exact) mass is 550 g/mol. The summed E-state index contributed by atoms with van der Waals surface area (Å²) < 4.78 is 5.55. The zero-order valence-corrected chi connectivity index (χ0v) is 24.9. The van der Waals surface area contributed by atoms with Crippen LogP contribution in [0.25, 0.3) is 11.3 Å². The van der Waals surface area contributed by atoms with Gasteiger partial charge in [-0.15, -0.1) is 0 Å². The lowest BCUT2D eigenvalue weighted by atomic mass is 10.00. The van der Waals surface area contributed by atoms with Gasteiger partial charge in [-0.25, -0.2) is 0 Å². The molecule has 6 heteroatoms. The van der Waals surface area contributed by atoms with Gasteiger partial charge in [-0.2, -0.15) is 0 Å². The minimum Gasteiger partial charge on any atom is -0.360 e. The number of unbranched alkanes of at least 4 members (excludes halogenated alkanes) is 15. The number of hydrogen-bond donors (Lipinski definition) is 1. The molecule has 0 aliphatic carbocycles. The molecule has 37 heavy (non-hydrogen) atoms. The smallest absolute Gasteiger partial charge is 0.257 e. The number of nitrogens with zero attached hydrogens (tertiary/aromatic N) is 1. The van der Waals surface area contributed by atoms with Gasteiger partial charge < -0.3 is 9.84 Å². The van der Waals surface area contributed by atoms with E-state index in [4.69, 9.17) is 27.7 Å². The fourth-order valence-electron chi connectivity index (χ4n) is 4.77. The highest BCUT2D eigenvalue weighted by molar-refractivity contribution is 6.39. The van der Waals surface area contributed by atoms with Crippen molar-refractivity contribution in [3.8, 4) is 11.3 Å². The van der Waals surface area contributed by atoms with Gasteiger partial charge in [0.05, 0.1) is 10.0 Å². The van der Waals surface area contributed by atoms with Gasteiger partial charge >= 0.3 is 0 Å². The molecule has 0 aliphatic rings. The second kappa shape index (κ2) is 18.7. The molecule has 0 unspecified atom stereocenters. The van der Waals surface area contributed by atoms with Gasteiger partial charge in [0.2, 0.25) is 0 Å². The Kier molecular flexibility index (Phi) is 16.0. The molecule has 0 aliphatic heterocycles. The van der Waals surface area contributed by atoms with Crippen LogP contribution < -0.4 is 5.32 Å². The van der Waals surface area contributed by atoms with Crippen LogP contribution in [0.3, 0.4) is 0 Å². The molecule has 0 atom stereocenters. The maximum absolute atomic E-state index is 13.1. The fraction of sp³-hybridized carbons (Fsp3) is 0.677. The van der Waals surface area contributed by atoms with E-state index in [2.05, 4.69) is 17.4 Å². The van der Waals surface area contributed by atoms with Crippen molar-refractivity contribution in [1.82, 2.24) is 10.5 Å². The molecule has 1 aromatic heterocycles. The molecule has 0 saturated heterocycles. The number of carbonyl (C=O) groups is 1. The summed E-state index contributed by atoms with van der Waals surface area (Å²) in [4.78, 5) is 13.1. The minimum atomic E-state index is -0.183. The average Bonchev–Trinajstić information content (AvgIpc) is 3.31. The molecule has 4 nitrogen and oxygen atoms in total. The second-order valence-electron chi connectivity index (χ2n) is 10.6. The normalized spacial score (nSPS) is 11.4. The second-order valence-corrected chi connectivity index (χ2v) is 11.4. The number of rotatable bonds is 20. The Bertz CT molecular complexity index is 890. The van der Waals surface area contributed by atoms with Gasteiger partial charge in [0.1, 0.15) is 11.3 Å². The zero-order valence-electron chi connectivity index (χ0n) is 23.3. The zero-order chi connectivity index (χ0) is 26.9. The van der Waals surface area contributed by atoms with Crippen LogP contribution in [0.5, 0.6) is 0 Å². The predicted octanol–water partition coefficient (Wildman–Crippen LogP) is 10.8. The molecule has 0 saturated carbocycles. The van der Waals surface area contributed by atoms with E-state index in [0.717, 1.165) is 12.8 Å². The van der Waals surface area contributed by atoms with E-state index >= 15 is 0 Å². The molecule has 1 aromatic carbocycles. The van der Waals surface area contributed by atoms with E-state index in [1.807, 2.05) is 13.8 Å². The van der Waals surface area contributed by atoms with Gasteiger partial charge in [-0.1, -0.05) is 152 Å². The Morgan fingerprint density at radius 2 is 1.27 bits per heavy atom. The first-order chi connectivity index (χ1) is 18.0. The summed E-state index contributed by atoms with van der Waals surface area (Å²) in [5.41, 5.74) is 1.37. The van der Waals surface area contributed by atoms with Crippen molar-refractivity contribution >= 4 is 29.1 Å². The number of hydrogen-bond acceptors (Lipinski definition) is 3. The van der Waals surface area contributed by atoms with Crippen LogP contribution in [0, 0.1) is 0 Å². The van der Waals surface area contributed by atoms with Crippen LogP contribution in [0.15, 0.2) is 22.7 Å². The van der Waals surface area contributed by atoms with E-state index in [9.17, 15) is 4.79 Å². The maximum Gasteiger partial charge on any atom is 0.257 e. The van der Waals surface area contributed by atoms with Crippen molar-refractivity contribution in [2.45, 2.75) is 129 Å². The molecule has 1 amide bonds. The van der Waals surface area contributed by atoms with Gasteiger partial charge in [0, 0.05) is 18.0 Å². The molecule has 0 spiro atoms. The third-order valence-electron chi connectivity index (χ3n) is 6.99. The molecule has 2 rings (SSSR count). The SMILES string of the molecule is CCCCCCCCCCCCCCCCCCNC(=O)c1c(-c2c(Cl)cccc2Cl)noc1C(C)C. The number of aromatic nitrogens is 1. The van der Waals surface area contributed by atoms with E-state index < -0.39 is 0 Å². The van der Waals surface area contributed by atoms with Crippen LogP contribution >= 0.6 is 23.2 Å². The van der Waals surface area contributed by atoms with Crippen molar-refractivity contribution in [3.63, 3.8) is 0 Å². The van der Waals surface area contributed by atoms with Crippen molar-refractivity contribution < 1.29 is 9.32 Å². The molecule has 1 N–H and O–H groups in total. The highest BCUT2D eigenvalue weighted by Crippen LogP contribution is 2.38. The minimum absolute atomic E-state index is 0.0128. The predicted molar refractivity (Wildman–Crippen MR) is 158 cm³/mol. The summed E-state index contributed by atoms with van der Waals surface area (Å²) in [6.07, 6.45) is 21.3. The van der Waals surface area contributed by atoms with Gasteiger partial charge in [0.15, 0.2) is 5.76 Å². The van der Waals surface area contributed by atoms with Crippen molar-refractivity contribution in [2.75, 3.05) is 6.54 Å². The molecular weight excluding hydrogens is 503 g/mol. The summed E-state index contributed by atoms with van der Waals surface area (Å²) in [5.74, 6) is 0.381. The lowest BCUT2D eigenvalue weighted by Gasteiger charge is -2.10. The average molecular weight is 552 g/mol. The van der Waals surface area contributed by atoms with Crippen LogP contribution in [-0.4, -0.2) is 17.6 Å². The quantitative estimate of drug-likeness (QED) is 0.167. The fourth-order valence-corrected chi connectivity index (χ4v) is 5.35. The van der Waals surface area contributed by atoms with Gasteiger partial charge in [-0.05, 0) is 18.6 Å². The summed E-state index contributed by atoms with van der Waals surface area (Å²) >= 11 is 12.8.